The van der Waals surface area contributed by atoms with E-state index in [-0.39, 0.29) is 28.0 Å². The number of hydrogen-bond donors (Lipinski definition) is 4. The first-order chi connectivity index (χ1) is 14.6. The molecule has 0 aliphatic carbocycles. The average molecular weight is 449 g/mol. The number of halogens is 1. The van der Waals surface area contributed by atoms with E-state index in [2.05, 4.69) is 27.6 Å². The van der Waals surface area contributed by atoms with Gasteiger partial charge in [-0.25, -0.2) is 27.3 Å². The van der Waals surface area contributed by atoms with Crippen LogP contribution in [0.25, 0.3) is 0 Å². The normalized spacial score (nSPS) is 25.4. The van der Waals surface area contributed by atoms with E-state index < -0.39 is 50.8 Å². The number of sulfonamides is 1. The van der Waals surface area contributed by atoms with Gasteiger partial charge >= 0.3 is 6.03 Å². The molecule has 164 valence electrons. The van der Waals surface area contributed by atoms with Crippen LogP contribution in [0.3, 0.4) is 0 Å². The molecule has 0 saturated carbocycles. The Morgan fingerprint density at radius 1 is 1.39 bits per heavy atom. The molecule has 1 saturated heterocycles. The standard InChI is InChI=1S/C18H20FN7O4S/c1-9-5-11(6-20)24-25-16(9)10(2)22-15(27)8-26-18(28)23-14-4-3-13(19)12(7-21)17(14)31(26,29)30/h3-4,9-11,16,24-25H,5,8H2,1-2H3,(H,22,27)(H,23,28)/t9?,10-,11?,16?/m0/s1. The van der Waals surface area contributed by atoms with E-state index in [0.29, 0.717) is 6.42 Å². The molecule has 31 heavy (non-hydrogen) atoms. The van der Waals surface area contributed by atoms with E-state index in [0.717, 1.165) is 12.1 Å². The van der Waals surface area contributed by atoms with Crippen molar-refractivity contribution in [1.29, 1.82) is 10.5 Å². The number of nitrogens with one attached hydrogen (secondary N) is 4. The van der Waals surface area contributed by atoms with Crippen LogP contribution in [0.15, 0.2) is 17.0 Å². The molecule has 0 bridgehead atoms. The maximum Gasteiger partial charge on any atom is 0.336 e. The van der Waals surface area contributed by atoms with Gasteiger partial charge in [-0.1, -0.05) is 6.92 Å². The van der Waals surface area contributed by atoms with Crippen LogP contribution in [0, 0.1) is 34.4 Å². The molecule has 2 aliphatic heterocycles. The van der Waals surface area contributed by atoms with Crippen LogP contribution in [0.5, 0.6) is 0 Å². The summed E-state index contributed by atoms with van der Waals surface area (Å²) in [5, 5.41) is 23.1. The second-order valence-corrected chi connectivity index (χ2v) is 9.22. The van der Waals surface area contributed by atoms with Crippen LogP contribution in [0.2, 0.25) is 0 Å². The molecule has 2 heterocycles. The molecule has 0 aromatic heterocycles. The number of benzene rings is 1. The molecule has 3 amide bonds. The Bertz CT molecular complexity index is 1110. The van der Waals surface area contributed by atoms with Crippen molar-refractivity contribution in [2.24, 2.45) is 5.92 Å². The van der Waals surface area contributed by atoms with E-state index in [9.17, 15) is 22.4 Å². The third-order valence-electron chi connectivity index (χ3n) is 5.25. The van der Waals surface area contributed by atoms with Crippen molar-refractivity contribution in [2.75, 3.05) is 11.9 Å². The molecule has 1 aromatic rings. The Labute approximate surface area is 178 Å². The minimum absolute atomic E-state index is 0.0243. The fourth-order valence-electron chi connectivity index (χ4n) is 3.72. The lowest BCUT2D eigenvalue weighted by molar-refractivity contribution is -0.121. The van der Waals surface area contributed by atoms with Gasteiger partial charge < -0.3 is 10.6 Å². The summed E-state index contributed by atoms with van der Waals surface area (Å²) in [4.78, 5) is 24.2. The zero-order valence-corrected chi connectivity index (χ0v) is 17.5. The van der Waals surface area contributed by atoms with Gasteiger partial charge in [0, 0.05) is 12.1 Å². The summed E-state index contributed by atoms with van der Waals surface area (Å²) in [7, 11) is -4.64. The number of nitrogens with zero attached hydrogens (tertiary/aromatic N) is 3. The lowest BCUT2D eigenvalue weighted by Crippen LogP contribution is -2.62. The zero-order chi connectivity index (χ0) is 22.9. The number of nitriles is 2. The third-order valence-corrected chi connectivity index (χ3v) is 7.07. The van der Waals surface area contributed by atoms with Crippen molar-refractivity contribution in [2.45, 2.75) is 43.3 Å². The largest absolute Gasteiger partial charge is 0.350 e. The number of carbonyl (C=O) groups is 2. The minimum atomic E-state index is -4.64. The summed E-state index contributed by atoms with van der Waals surface area (Å²) >= 11 is 0. The number of amides is 3. The van der Waals surface area contributed by atoms with Crippen molar-refractivity contribution < 1.29 is 22.4 Å². The Morgan fingerprint density at radius 2 is 2.10 bits per heavy atom. The highest BCUT2D eigenvalue weighted by atomic mass is 32.2. The number of hydrazine groups is 1. The lowest BCUT2D eigenvalue weighted by atomic mass is 9.89. The molecule has 4 N–H and O–H groups in total. The summed E-state index contributed by atoms with van der Waals surface area (Å²) < 4.78 is 40.0. The lowest BCUT2D eigenvalue weighted by Gasteiger charge is -2.37. The van der Waals surface area contributed by atoms with Gasteiger partial charge in [-0.3, -0.25) is 10.2 Å². The molecule has 2 aliphatic rings. The summed E-state index contributed by atoms with van der Waals surface area (Å²) in [6.07, 6.45) is 0.552. The predicted octanol–water partition coefficient (Wildman–Crippen LogP) is 0.133. The van der Waals surface area contributed by atoms with Crippen LogP contribution in [-0.2, 0) is 14.8 Å². The molecule has 0 spiro atoms. The van der Waals surface area contributed by atoms with E-state index in [1.54, 1.807) is 6.92 Å². The number of anilines is 1. The molecule has 3 rings (SSSR count). The summed E-state index contributed by atoms with van der Waals surface area (Å²) in [5.74, 6) is -1.79. The second kappa shape index (κ2) is 8.47. The summed E-state index contributed by atoms with van der Waals surface area (Å²) in [5.41, 5.74) is 4.83. The van der Waals surface area contributed by atoms with Crippen LogP contribution in [0.1, 0.15) is 25.8 Å². The molecule has 11 nitrogen and oxygen atoms in total. The molecule has 1 aromatic carbocycles. The number of urea groups is 1. The van der Waals surface area contributed by atoms with Gasteiger partial charge in [0.25, 0.3) is 10.0 Å². The SMILES string of the molecule is CC1CC(C#N)NNC1[C@H](C)NC(=O)CN1C(=O)Nc2ccc(F)c(C#N)c2S1(=O)=O. The highest BCUT2D eigenvalue weighted by molar-refractivity contribution is 7.90. The quantitative estimate of drug-likeness (QED) is 0.503. The van der Waals surface area contributed by atoms with Gasteiger partial charge in [0.15, 0.2) is 0 Å². The minimum Gasteiger partial charge on any atom is -0.350 e. The van der Waals surface area contributed by atoms with E-state index in [1.807, 2.05) is 6.92 Å². The number of rotatable bonds is 4. The maximum atomic E-state index is 13.9. The van der Waals surface area contributed by atoms with Gasteiger partial charge in [-0.15, -0.1) is 0 Å². The average Bonchev–Trinajstić information content (AvgIpc) is 2.71. The first-order valence-electron chi connectivity index (χ1n) is 9.36. The Morgan fingerprint density at radius 3 is 2.71 bits per heavy atom. The Balaban J connectivity index is 1.76. The van der Waals surface area contributed by atoms with Gasteiger partial charge in [0.05, 0.1) is 11.8 Å². The Kier molecular flexibility index (Phi) is 6.13. The van der Waals surface area contributed by atoms with Crippen LogP contribution >= 0.6 is 0 Å². The highest BCUT2D eigenvalue weighted by Crippen LogP contribution is 2.34. The van der Waals surface area contributed by atoms with Crippen molar-refractivity contribution in [3.8, 4) is 12.1 Å². The fraction of sp³-hybridized carbons (Fsp3) is 0.444. The fourth-order valence-corrected chi connectivity index (χ4v) is 5.29. The first-order valence-corrected chi connectivity index (χ1v) is 10.8. The number of fused-ring (bicyclic) bond motifs is 1. The second-order valence-electron chi connectivity index (χ2n) is 7.42. The predicted molar refractivity (Wildman–Crippen MR) is 105 cm³/mol. The topological polar surface area (TPSA) is 167 Å². The highest BCUT2D eigenvalue weighted by Gasteiger charge is 2.41. The molecule has 3 unspecified atom stereocenters. The van der Waals surface area contributed by atoms with Crippen molar-refractivity contribution >= 4 is 27.6 Å². The monoisotopic (exact) mass is 449 g/mol. The van der Waals surface area contributed by atoms with E-state index in [4.69, 9.17) is 10.5 Å². The smallest absolute Gasteiger partial charge is 0.336 e. The molecular formula is C18H20FN7O4S. The molecular weight excluding hydrogens is 429 g/mol. The van der Waals surface area contributed by atoms with Crippen molar-refractivity contribution in [3.05, 3.63) is 23.5 Å². The molecule has 13 heteroatoms. The summed E-state index contributed by atoms with van der Waals surface area (Å²) in [6.45, 7) is 2.75. The zero-order valence-electron chi connectivity index (χ0n) is 16.6. The van der Waals surface area contributed by atoms with Crippen LogP contribution in [-0.4, -0.2) is 49.3 Å². The summed E-state index contributed by atoms with van der Waals surface area (Å²) in [6, 6.07) is 3.32. The number of hydrogen-bond acceptors (Lipinski definition) is 8. The van der Waals surface area contributed by atoms with Gasteiger partial charge in [-0.2, -0.15) is 10.5 Å². The molecule has 0 radical (unpaired) electrons. The van der Waals surface area contributed by atoms with E-state index >= 15 is 0 Å². The first kappa shape index (κ1) is 22.4. The molecule has 4 atom stereocenters. The molecule has 1 fully saturated rings. The van der Waals surface area contributed by atoms with Gasteiger partial charge in [0.2, 0.25) is 5.91 Å². The van der Waals surface area contributed by atoms with E-state index in [1.165, 1.54) is 6.07 Å². The maximum absolute atomic E-state index is 13.9. The van der Waals surface area contributed by atoms with Crippen molar-refractivity contribution in [3.63, 3.8) is 0 Å². The van der Waals surface area contributed by atoms with Crippen molar-refractivity contribution in [1.82, 2.24) is 20.5 Å². The van der Waals surface area contributed by atoms with Gasteiger partial charge in [-0.05, 0) is 31.4 Å². The third kappa shape index (κ3) is 4.16. The number of carbonyl (C=O) groups excluding carboxylic acids is 2. The van der Waals surface area contributed by atoms with Crippen LogP contribution in [0.4, 0.5) is 14.9 Å². The van der Waals surface area contributed by atoms with Crippen LogP contribution < -0.4 is 21.5 Å². The Hall–Kier alpha value is -3.26. The van der Waals surface area contributed by atoms with Gasteiger partial charge in [0.1, 0.15) is 34.9 Å².